The molecule has 2 aromatic heterocycles. The van der Waals surface area contributed by atoms with E-state index in [0.29, 0.717) is 29.2 Å². The Labute approximate surface area is 128 Å². The zero-order valence-corrected chi connectivity index (χ0v) is 13.3. The summed E-state index contributed by atoms with van der Waals surface area (Å²) in [4.78, 5) is 20.2. The largest absolute Gasteiger partial charge is 0.358 e. The van der Waals surface area contributed by atoms with Gasteiger partial charge in [0.25, 0.3) is 5.78 Å². The zero-order chi connectivity index (χ0) is 15.6. The molecule has 0 aliphatic carbocycles. The van der Waals surface area contributed by atoms with E-state index in [9.17, 15) is 4.79 Å². The van der Waals surface area contributed by atoms with E-state index >= 15 is 0 Å². The molecule has 0 saturated carbocycles. The summed E-state index contributed by atoms with van der Waals surface area (Å²) in [6.45, 7) is 8.33. The zero-order valence-electron chi connectivity index (χ0n) is 12.5. The molecule has 0 bridgehead atoms. The van der Waals surface area contributed by atoms with Crippen LogP contribution in [0.2, 0.25) is 5.15 Å². The van der Waals surface area contributed by atoms with Crippen molar-refractivity contribution >= 4 is 29.1 Å². The molecule has 1 atom stereocenters. The van der Waals surface area contributed by atoms with Crippen LogP contribution in [0.25, 0.3) is 5.78 Å². The molecule has 2 aromatic rings. The van der Waals surface area contributed by atoms with Crippen molar-refractivity contribution < 1.29 is 4.79 Å². The number of carbonyl (C=O) groups is 1. The highest BCUT2D eigenvalue weighted by Gasteiger charge is 2.18. The molecule has 1 amide bonds. The van der Waals surface area contributed by atoms with Crippen molar-refractivity contribution in [2.75, 3.05) is 11.9 Å². The third-order valence-electron chi connectivity index (χ3n) is 3.04. The summed E-state index contributed by atoms with van der Waals surface area (Å²) in [6.07, 6.45) is 1.40. The molecule has 0 spiro atoms. The van der Waals surface area contributed by atoms with Crippen LogP contribution in [0.1, 0.15) is 26.3 Å². The number of hydrogen-bond donors (Lipinski definition) is 2. The first-order valence-electron chi connectivity index (χ1n) is 6.80. The second-order valence-electron chi connectivity index (χ2n) is 5.35. The first kappa shape index (κ1) is 15.5. The van der Waals surface area contributed by atoms with Gasteiger partial charge < -0.3 is 10.6 Å². The van der Waals surface area contributed by atoms with Crippen LogP contribution >= 0.6 is 11.6 Å². The van der Waals surface area contributed by atoms with Crippen molar-refractivity contribution in [2.24, 2.45) is 5.92 Å². The maximum absolute atomic E-state index is 12.1. The fourth-order valence-electron chi connectivity index (χ4n) is 1.80. The summed E-state index contributed by atoms with van der Waals surface area (Å²) in [5.41, 5.74) is 0.721. The van der Waals surface area contributed by atoms with Crippen molar-refractivity contribution in [3.8, 4) is 0 Å². The molecule has 0 radical (unpaired) electrons. The lowest BCUT2D eigenvalue weighted by atomic mass is 10.2. The Morgan fingerprint density at radius 2 is 2.14 bits per heavy atom. The minimum absolute atomic E-state index is 0.0794. The molecule has 0 aliphatic heterocycles. The molecule has 7 nitrogen and oxygen atoms in total. The molecular formula is C13H19ClN6O. The van der Waals surface area contributed by atoms with E-state index in [4.69, 9.17) is 11.6 Å². The molecule has 0 aliphatic rings. The van der Waals surface area contributed by atoms with Crippen molar-refractivity contribution in [3.05, 3.63) is 17.0 Å². The Balaban J connectivity index is 2.21. The van der Waals surface area contributed by atoms with Gasteiger partial charge in [0.05, 0.1) is 0 Å². The van der Waals surface area contributed by atoms with Crippen LogP contribution in [-0.4, -0.2) is 38.1 Å². The monoisotopic (exact) mass is 310 g/mol. The highest BCUT2D eigenvalue weighted by atomic mass is 35.5. The Morgan fingerprint density at radius 3 is 2.81 bits per heavy atom. The number of nitrogens with one attached hydrogen (secondary N) is 2. The van der Waals surface area contributed by atoms with Crippen LogP contribution in [0, 0.1) is 12.8 Å². The second kappa shape index (κ2) is 6.26. The van der Waals surface area contributed by atoms with Crippen LogP contribution in [0.4, 0.5) is 5.82 Å². The lowest BCUT2D eigenvalue weighted by molar-refractivity contribution is -0.121. The topological polar surface area (TPSA) is 84.2 Å². The number of halogens is 1. The van der Waals surface area contributed by atoms with Crippen molar-refractivity contribution in [2.45, 2.75) is 33.7 Å². The molecule has 2 rings (SSSR count). The number of fused-ring (bicyclic) bond motifs is 1. The van der Waals surface area contributed by atoms with Crippen LogP contribution < -0.4 is 10.6 Å². The van der Waals surface area contributed by atoms with Crippen LogP contribution in [0.15, 0.2) is 6.33 Å². The summed E-state index contributed by atoms with van der Waals surface area (Å²) >= 11 is 6.08. The molecule has 2 N–H and O–H groups in total. The van der Waals surface area contributed by atoms with Gasteiger partial charge in [0.2, 0.25) is 5.91 Å². The van der Waals surface area contributed by atoms with Crippen molar-refractivity contribution in [1.82, 2.24) is 24.9 Å². The van der Waals surface area contributed by atoms with Gasteiger partial charge in [-0.25, -0.2) is 0 Å². The van der Waals surface area contributed by atoms with Gasteiger partial charge in [0.1, 0.15) is 23.3 Å². The number of anilines is 1. The molecular weight excluding hydrogens is 292 g/mol. The smallest absolute Gasteiger partial charge is 0.255 e. The third-order valence-corrected chi connectivity index (χ3v) is 3.40. The second-order valence-corrected chi connectivity index (χ2v) is 5.71. The van der Waals surface area contributed by atoms with Gasteiger partial charge >= 0.3 is 0 Å². The highest BCUT2D eigenvalue weighted by Crippen LogP contribution is 2.22. The third kappa shape index (κ3) is 3.41. The average Bonchev–Trinajstić information content (AvgIpc) is 2.88. The van der Waals surface area contributed by atoms with Gasteiger partial charge in [-0.05, 0) is 19.8 Å². The van der Waals surface area contributed by atoms with Gasteiger partial charge in [-0.15, -0.1) is 0 Å². The number of hydrogen-bond acceptors (Lipinski definition) is 5. The first-order valence-corrected chi connectivity index (χ1v) is 7.18. The van der Waals surface area contributed by atoms with Crippen molar-refractivity contribution in [1.29, 1.82) is 0 Å². The molecule has 1 unspecified atom stereocenters. The Hall–Kier alpha value is -1.89. The summed E-state index contributed by atoms with van der Waals surface area (Å²) in [7, 11) is 0. The fourth-order valence-corrected chi connectivity index (χ4v) is 1.96. The van der Waals surface area contributed by atoms with E-state index in [2.05, 4.69) is 25.7 Å². The molecule has 8 heteroatoms. The highest BCUT2D eigenvalue weighted by molar-refractivity contribution is 6.30. The number of carbonyl (C=O) groups excluding carboxylic acids is 1. The number of aromatic nitrogens is 4. The van der Waals surface area contributed by atoms with Crippen LogP contribution in [0.3, 0.4) is 0 Å². The van der Waals surface area contributed by atoms with Gasteiger partial charge in [-0.2, -0.15) is 19.6 Å². The Bertz CT molecular complexity index is 653. The maximum atomic E-state index is 12.1. The van der Waals surface area contributed by atoms with Gasteiger partial charge in [-0.3, -0.25) is 4.79 Å². The number of amides is 1. The maximum Gasteiger partial charge on any atom is 0.255 e. The molecule has 2 heterocycles. The lowest BCUT2D eigenvalue weighted by Crippen LogP contribution is -2.39. The summed E-state index contributed by atoms with van der Waals surface area (Å²) in [6, 6.07) is -0.423. The first-order chi connectivity index (χ1) is 9.90. The predicted molar refractivity (Wildman–Crippen MR) is 81.5 cm³/mol. The van der Waals surface area contributed by atoms with Gasteiger partial charge in [0, 0.05) is 12.1 Å². The number of nitrogens with zero attached hydrogens (tertiary/aromatic N) is 4. The summed E-state index contributed by atoms with van der Waals surface area (Å²) in [5.74, 6) is 1.34. The van der Waals surface area contributed by atoms with E-state index in [-0.39, 0.29) is 5.91 Å². The molecule has 21 heavy (non-hydrogen) atoms. The van der Waals surface area contributed by atoms with E-state index in [1.165, 1.54) is 10.8 Å². The summed E-state index contributed by atoms with van der Waals surface area (Å²) in [5, 5.41) is 10.4. The van der Waals surface area contributed by atoms with E-state index in [1.54, 1.807) is 6.92 Å². The minimum atomic E-state index is -0.423. The lowest BCUT2D eigenvalue weighted by Gasteiger charge is -2.18. The fraction of sp³-hybridized carbons (Fsp3) is 0.538. The van der Waals surface area contributed by atoms with Crippen LogP contribution in [0.5, 0.6) is 0 Å². The van der Waals surface area contributed by atoms with Gasteiger partial charge in [0.15, 0.2) is 0 Å². The standard InChI is InChI=1S/C13H19ClN6O/c1-7(2)5-15-12(21)9(4)18-11-8(3)10(14)19-13-16-6-17-20(11)13/h6-7,9,18H,5H2,1-4H3,(H,15,21). The van der Waals surface area contributed by atoms with Crippen LogP contribution in [-0.2, 0) is 4.79 Å². The van der Waals surface area contributed by atoms with Crippen molar-refractivity contribution in [3.63, 3.8) is 0 Å². The normalized spacial score (nSPS) is 12.7. The molecule has 0 aromatic carbocycles. The molecule has 0 saturated heterocycles. The number of rotatable bonds is 5. The Morgan fingerprint density at radius 1 is 1.43 bits per heavy atom. The quantitative estimate of drug-likeness (QED) is 0.821. The minimum Gasteiger partial charge on any atom is -0.358 e. The van der Waals surface area contributed by atoms with E-state index in [1.807, 2.05) is 20.8 Å². The summed E-state index contributed by atoms with van der Waals surface area (Å²) < 4.78 is 1.54. The average molecular weight is 311 g/mol. The SMILES string of the molecule is Cc1c(Cl)nc2ncnn2c1NC(C)C(=O)NCC(C)C. The van der Waals surface area contributed by atoms with Gasteiger partial charge in [-0.1, -0.05) is 25.4 Å². The molecule has 0 fully saturated rings. The molecule has 114 valence electrons. The Kier molecular flexibility index (Phi) is 4.62. The van der Waals surface area contributed by atoms with E-state index < -0.39 is 6.04 Å². The predicted octanol–water partition coefficient (Wildman–Crippen LogP) is 1.66. The van der Waals surface area contributed by atoms with E-state index in [0.717, 1.165) is 5.56 Å².